The number of halogens is 2. The van der Waals surface area contributed by atoms with E-state index < -0.39 is 23.9 Å². The van der Waals surface area contributed by atoms with Crippen LogP contribution in [0.2, 0.25) is 0 Å². The molecule has 0 unspecified atom stereocenters. The molecule has 0 aliphatic carbocycles. The van der Waals surface area contributed by atoms with Gasteiger partial charge in [0.2, 0.25) is 0 Å². The van der Waals surface area contributed by atoms with Crippen molar-refractivity contribution in [3.8, 4) is 11.1 Å². The van der Waals surface area contributed by atoms with Crippen LogP contribution in [0.25, 0.3) is 22.0 Å². The Morgan fingerprint density at radius 1 is 1.30 bits per heavy atom. The molecule has 0 spiro atoms. The normalized spacial score (nSPS) is 20.0. The number of carbonyl (C=O) groups excluding carboxylic acids is 1. The molecule has 30 heavy (non-hydrogen) atoms. The van der Waals surface area contributed by atoms with E-state index in [0.29, 0.717) is 35.3 Å². The Kier molecular flexibility index (Phi) is 5.76. The van der Waals surface area contributed by atoms with Gasteiger partial charge < -0.3 is 10.2 Å². The van der Waals surface area contributed by atoms with Crippen molar-refractivity contribution in [1.82, 2.24) is 25.4 Å². The molecule has 3 aromatic rings. The van der Waals surface area contributed by atoms with Crippen LogP contribution in [0.1, 0.15) is 30.8 Å². The number of amides is 1. The van der Waals surface area contributed by atoms with Gasteiger partial charge in [-0.05, 0) is 36.1 Å². The summed E-state index contributed by atoms with van der Waals surface area (Å²) < 4.78 is 28.2. The van der Waals surface area contributed by atoms with E-state index in [1.54, 1.807) is 24.4 Å². The van der Waals surface area contributed by atoms with Crippen LogP contribution in [-0.4, -0.2) is 57.8 Å². The minimum absolute atomic E-state index is 0.202. The number of piperidine rings is 1. The Bertz CT molecular complexity index is 1050. The first-order valence-electron chi connectivity index (χ1n) is 10.2. The fourth-order valence-corrected chi connectivity index (χ4v) is 3.99. The molecule has 1 aliphatic heterocycles. The average molecular weight is 413 g/mol. The van der Waals surface area contributed by atoms with E-state index in [-0.39, 0.29) is 5.69 Å². The predicted molar refractivity (Wildman–Crippen MR) is 111 cm³/mol. The molecule has 1 saturated heterocycles. The molecule has 1 aromatic carbocycles. The molecule has 3 heterocycles. The molecule has 8 heteroatoms. The number of aromatic nitrogens is 3. The van der Waals surface area contributed by atoms with Gasteiger partial charge in [-0.1, -0.05) is 19.9 Å². The number of nitrogens with zero attached hydrogens (tertiary/aromatic N) is 3. The number of fused-ring (bicyclic) bond motifs is 1. The number of rotatable bonds is 5. The maximum atomic E-state index is 14.7. The van der Waals surface area contributed by atoms with Crippen molar-refractivity contribution < 1.29 is 13.6 Å². The van der Waals surface area contributed by atoms with Crippen molar-refractivity contribution in [3.63, 3.8) is 0 Å². The lowest BCUT2D eigenvalue weighted by Crippen LogP contribution is -2.53. The summed E-state index contributed by atoms with van der Waals surface area (Å²) in [6.07, 6.45) is 2.13. The minimum Gasteiger partial charge on any atom is -0.345 e. The molecular formula is C22H25F2N5O. The molecule has 1 fully saturated rings. The van der Waals surface area contributed by atoms with E-state index in [1.165, 1.54) is 6.07 Å². The molecule has 2 N–H and O–H groups in total. The van der Waals surface area contributed by atoms with Crippen LogP contribution in [0, 0.1) is 11.7 Å². The van der Waals surface area contributed by atoms with Gasteiger partial charge in [-0.15, -0.1) is 0 Å². The maximum Gasteiger partial charge on any atom is 0.272 e. The summed E-state index contributed by atoms with van der Waals surface area (Å²) in [4.78, 5) is 18.8. The van der Waals surface area contributed by atoms with E-state index in [0.717, 1.165) is 24.8 Å². The number of aromatic amines is 1. The molecule has 6 nitrogen and oxygen atoms in total. The van der Waals surface area contributed by atoms with Gasteiger partial charge in [0.05, 0.1) is 17.8 Å². The maximum absolute atomic E-state index is 14.7. The third kappa shape index (κ3) is 4.33. The highest BCUT2D eigenvalue weighted by molar-refractivity contribution is 6.05. The zero-order valence-corrected chi connectivity index (χ0v) is 17.0. The van der Waals surface area contributed by atoms with Crippen molar-refractivity contribution in [2.45, 2.75) is 32.5 Å². The van der Waals surface area contributed by atoms with E-state index in [2.05, 4.69) is 39.2 Å². The second kappa shape index (κ2) is 8.47. The number of H-pyrrole nitrogens is 1. The zero-order valence-electron chi connectivity index (χ0n) is 17.0. The Hall–Kier alpha value is -2.87. The van der Waals surface area contributed by atoms with Crippen molar-refractivity contribution in [2.24, 2.45) is 5.92 Å². The number of carbonyl (C=O) groups is 1. The lowest BCUT2D eigenvalue weighted by Gasteiger charge is -2.35. The largest absolute Gasteiger partial charge is 0.345 e. The predicted octanol–water partition coefficient (Wildman–Crippen LogP) is 3.56. The quantitative estimate of drug-likeness (QED) is 0.671. The van der Waals surface area contributed by atoms with Gasteiger partial charge in [0, 0.05) is 36.8 Å². The highest BCUT2D eigenvalue weighted by Gasteiger charge is 2.31. The van der Waals surface area contributed by atoms with E-state index >= 15 is 0 Å². The highest BCUT2D eigenvalue weighted by atomic mass is 19.1. The van der Waals surface area contributed by atoms with Gasteiger partial charge in [0.1, 0.15) is 12.0 Å². The van der Waals surface area contributed by atoms with Gasteiger partial charge in [-0.25, -0.2) is 8.78 Å². The number of alkyl halides is 1. The zero-order chi connectivity index (χ0) is 21.3. The Morgan fingerprint density at radius 3 is 2.87 bits per heavy atom. The summed E-state index contributed by atoms with van der Waals surface area (Å²) in [5.41, 5.74) is 2.20. The van der Waals surface area contributed by atoms with Gasteiger partial charge in [0.15, 0.2) is 5.69 Å². The average Bonchev–Trinajstić information content (AvgIpc) is 3.13. The van der Waals surface area contributed by atoms with Gasteiger partial charge in [-0.3, -0.25) is 14.9 Å². The Balaban J connectivity index is 1.52. The van der Waals surface area contributed by atoms with Crippen molar-refractivity contribution in [3.05, 3.63) is 48.2 Å². The topological polar surface area (TPSA) is 73.9 Å². The first kappa shape index (κ1) is 20.4. The summed E-state index contributed by atoms with van der Waals surface area (Å²) in [5.74, 6) is -0.377. The molecule has 1 amide bonds. The second-order valence-electron chi connectivity index (χ2n) is 8.26. The second-order valence-corrected chi connectivity index (χ2v) is 8.26. The molecule has 2 aromatic heterocycles. The first-order valence-corrected chi connectivity index (χ1v) is 10.2. The highest BCUT2D eigenvalue weighted by Crippen LogP contribution is 2.26. The number of nitrogens with one attached hydrogen (secondary N) is 2. The van der Waals surface area contributed by atoms with Gasteiger partial charge >= 0.3 is 0 Å². The number of likely N-dealkylation sites (tertiary alicyclic amines) is 1. The Morgan fingerprint density at radius 2 is 2.13 bits per heavy atom. The van der Waals surface area contributed by atoms with Crippen LogP contribution in [0.3, 0.4) is 0 Å². The molecule has 0 bridgehead atoms. The van der Waals surface area contributed by atoms with Gasteiger partial charge in [0.25, 0.3) is 5.91 Å². The van der Waals surface area contributed by atoms with Crippen molar-refractivity contribution in [2.75, 3.05) is 19.6 Å². The molecule has 1 aliphatic rings. The number of hydrogen-bond donors (Lipinski definition) is 2. The van der Waals surface area contributed by atoms with E-state index in [4.69, 9.17) is 0 Å². The monoisotopic (exact) mass is 413 g/mol. The summed E-state index contributed by atoms with van der Waals surface area (Å²) >= 11 is 0. The lowest BCUT2D eigenvalue weighted by molar-refractivity contribution is 0.0748. The SMILES string of the molecule is CC(C)CN1CC[C@@H](NC(=O)c2n[nH]c3ccc(-c4cncc(F)c4)cc23)[C@@H](F)C1. The summed E-state index contributed by atoms with van der Waals surface area (Å²) in [6, 6.07) is 6.19. The van der Waals surface area contributed by atoms with Crippen LogP contribution < -0.4 is 5.32 Å². The summed E-state index contributed by atoms with van der Waals surface area (Å²) in [7, 11) is 0. The molecular weight excluding hydrogens is 388 g/mol. The van der Waals surface area contributed by atoms with Crippen molar-refractivity contribution in [1.29, 1.82) is 0 Å². The first-order chi connectivity index (χ1) is 14.4. The third-order valence-electron chi connectivity index (χ3n) is 5.38. The van der Waals surface area contributed by atoms with Crippen LogP contribution in [0.15, 0.2) is 36.7 Å². The van der Waals surface area contributed by atoms with E-state index in [9.17, 15) is 13.6 Å². The molecule has 2 atom stereocenters. The lowest BCUT2D eigenvalue weighted by atomic mass is 10.0. The summed E-state index contributed by atoms with van der Waals surface area (Å²) in [5, 5.41) is 10.4. The number of pyridine rings is 1. The fourth-order valence-electron chi connectivity index (χ4n) is 3.99. The van der Waals surface area contributed by atoms with E-state index in [1.807, 2.05) is 0 Å². The fraction of sp³-hybridized carbons (Fsp3) is 0.409. The van der Waals surface area contributed by atoms with Crippen LogP contribution in [0.5, 0.6) is 0 Å². The molecule has 158 valence electrons. The molecule has 0 saturated carbocycles. The number of hydrogen-bond acceptors (Lipinski definition) is 4. The van der Waals surface area contributed by atoms with Crippen LogP contribution in [-0.2, 0) is 0 Å². The van der Waals surface area contributed by atoms with Crippen molar-refractivity contribution >= 4 is 16.8 Å². The minimum atomic E-state index is -1.12. The number of benzene rings is 1. The molecule has 0 radical (unpaired) electrons. The van der Waals surface area contributed by atoms with Crippen LogP contribution >= 0.6 is 0 Å². The van der Waals surface area contributed by atoms with Gasteiger partial charge in [-0.2, -0.15) is 5.10 Å². The Labute approximate surface area is 173 Å². The summed E-state index contributed by atoms with van der Waals surface area (Å²) in [6.45, 7) is 6.14. The standard InChI is InChI=1S/C22H25F2N5O/c1-13(2)11-29-6-5-20(18(24)12-29)26-22(30)21-17-8-14(3-4-19(17)27-28-21)15-7-16(23)10-25-9-15/h3-4,7-10,13,18,20H,5-6,11-12H2,1-2H3,(H,26,30)(H,27,28)/t18-,20+/m0/s1. The van der Waals surface area contributed by atoms with Crippen LogP contribution in [0.4, 0.5) is 8.78 Å². The third-order valence-corrected chi connectivity index (χ3v) is 5.38. The molecule has 4 rings (SSSR count). The smallest absolute Gasteiger partial charge is 0.272 e.